The Hall–Kier alpha value is -2.73. The Morgan fingerprint density at radius 2 is 1.96 bits per heavy atom. The van der Waals surface area contributed by atoms with Crippen molar-refractivity contribution < 1.29 is 19.1 Å². The van der Waals surface area contributed by atoms with Gasteiger partial charge in [-0.1, -0.05) is 23.7 Å². The van der Waals surface area contributed by atoms with Crippen LogP contribution in [0.25, 0.3) is 0 Å². The van der Waals surface area contributed by atoms with E-state index >= 15 is 0 Å². The van der Waals surface area contributed by atoms with Gasteiger partial charge in [0.1, 0.15) is 12.4 Å². The van der Waals surface area contributed by atoms with Crippen LogP contribution < -0.4 is 15.4 Å². The Morgan fingerprint density at radius 1 is 1.16 bits per heavy atom. The molecule has 0 fully saturated rings. The van der Waals surface area contributed by atoms with Gasteiger partial charge in [-0.25, -0.2) is 9.59 Å². The zero-order valence-electron chi connectivity index (χ0n) is 14.0. The number of amides is 2. The van der Waals surface area contributed by atoms with Crippen molar-refractivity contribution in [3.8, 4) is 5.75 Å². The molecule has 2 rings (SSSR count). The minimum atomic E-state index is -0.465. The van der Waals surface area contributed by atoms with Gasteiger partial charge in [0, 0.05) is 5.69 Å². The van der Waals surface area contributed by atoms with Crippen LogP contribution in [-0.2, 0) is 4.74 Å². The van der Waals surface area contributed by atoms with Crippen LogP contribution in [0.15, 0.2) is 42.5 Å². The molecular formula is C18H19ClN2O4. The van der Waals surface area contributed by atoms with Gasteiger partial charge in [-0.2, -0.15) is 0 Å². The van der Waals surface area contributed by atoms with Crippen molar-refractivity contribution in [1.29, 1.82) is 0 Å². The average molecular weight is 363 g/mol. The van der Waals surface area contributed by atoms with Gasteiger partial charge in [0.15, 0.2) is 0 Å². The van der Waals surface area contributed by atoms with Crippen LogP contribution in [0.4, 0.5) is 10.5 Å². The normalized spacial score (nSPS) is 10.0. The van der Waals surface area contributed by atoms with Gasteiger partial charge in [0.25, 0.3) is 0 Å². The number of hydrogen-bond donors (Lipinski definition) is 2. The number of carbonyl (C=O) groups is 2. The molecule has 0 saturated heterocycles. The summed E-state index contributed by atoms with van der Waals surface area (Å²) in [4.78, 5) is 23.3. The van der Waals surface area contributed by atoms with E-state index in [1.807, 2.05) is 19.1 Å². The summed E-state index contributed by atoms with van der Waals surface area (Å²) in [7, 11) is 1.30. The number of halogens is 1. The molecule has 2 N–H and O–H groups in total. The van der Waals surface area contributed by atoms with Crippen LogP contribution in [-0.4, -0.2) is 32.3 Å². The van der Waals surface area contributed by atoms with Gasteiger partial charge in [-0.3, -0.25) is 0 Å². The summed E-state index contributed by atoms with van der Waals surface area (Å²) in [6.45, 7) is 2.52. The third kappa shape index (κ3) is 5.69. The molecule has 0 saturated carbocycles. The quantitative estimate of drug-likeness (QED) is 0.607. The minimum absolute atomic E-state index is 0.277. The molecule has 6 nitrogen and oxygen atoms in total. The topological polar surface area (TPSA) is 76.7 Å². The Kier molecular flexibility index (Phi) is 6.65. The summed E-state index contributed by atoms with van der Waals surface area (Å²) in [6, 6.07) is 11.6. The molecule has 2 aromatic carbocycles. The van der Waals surface area contributed by atoms with Crippen LogP contribution in [0.5, 0.6) is 5.75 Å². The van der Waals surface area contributed by atoms with E-state index < -0.39 is 12.0 Å². The summed E-state index contributed by atoms with van der Waals surface area (Å²) in [5, 5.41) is 5.83. The van der Waals surface area contributed by atoms with Gasteiger partial charge in [0.05, 0.1) is 24.2 Å². The van der Waals surface area contributed by atoms with Crippen molar-refractivity contribution >= 4 is 29.3 Å². The predicted octanol–water partition coefficient (Wildman–Crippen LogP) is 3.64. The fourth-order valence-corrected chi connectivity index (χ4v) is 2.24. The molecule has 0 heterocycles. The van der Waals surface area contributed by atoms with Crippen LogP contribution in [0.1, 0.15) is 15.9 Å². The molecule has 25 heavy (non-hydrogen) atoms. The lowest BCUT2D eigenvalue weighted by Gasteiger charge is -2.11. The van der Waals surface area contributed by atoms with Crippen molar-refractivity contribution in [2.24, 2.45) is 0 Å². The second-order valence-corrected chi connectivity index (χ2v) is 5.64. The molecule has 0 aliphatic carbocycles. The molecule has 7 heteroatoms. The maximum atomic E-state index is 11.9. The van der Waals surface area contributed by atoms with Gasteiger partial charge in [-0.15, -0.1) is 0 Å². The van der Waals surface area contributed by atoms with Crippen molar-refractivity contribution in [2.45, 2.75) is 6.92 Å². The number of nitrogens with one attached hydrogen (secondary N) is 2. The molecule has 0 atom stereocenters. The smallest absolute Gasteiger partial charge is 0.337 e. The van der Waals surface area contributed by atoms with E-state index in [1.54, 1.807) is 24.3 Å². The van der Waals surface area contributed by atoms with Crippen molar-refractivity contribution in [3.05, 3.63) is 58.6 Å². The fourth-order valence-electron chi connectivity index (χ4n) is 2.06. The Bertz CT molecular complexity index is 764. The second kappa shape index (κ2) is 8.94. The largest absolute Gasteiger partial charge is 0.490 e. The molecule has 0 aromatic heterocycles. The lowest BCUT2D eigenvalue weighted by Crippen LogP contribution is -2.32. The van der Waals surface area contributed by atoms with Gasteiger partial charge >= 0.3 is 12.0 Å². The molecule has 0 spiro atoms. The SMILES string of the molecule is COC(=O)c1cccc(NC(=O)NCCOc2cc(C)ccc2Cl)c1. The molecule has 2 amide bonds. The maximum Gasteiger partial charge on any atom is 0.337 e. The highest BCUT2D eigenvalue weighted by Crippen LogP contribution is 2.24. The molecule has 0 aliphatic heterocycles. The lowest BCUT2D eigenvalue weighted by molar-refractivity contribution is 0.0600. The molecular weight excluding hydrogens is 344 g/mol. The molecule has 0 radical (unpaired) electrons. The second-order valence-electron chi connectivity index (χ2n) is 5.24. The Balaban J connectivity index is 1.79. The van der Waals surface area contributed by atoms with E-state index in [9.17, 15) is 9.59 Å². The van der Waals surface area contributed by atoms with Gasteiger partial charge in [-0.05, 0) is 42.8 Å². The molecule has 132 valence electrons. The average Bonchev–Trinajstić information content (AvgIpc) is 2.61. The zero-order valence-corrected chi connectivity index (χ0v) is 14.7. The number of methoxy groups -OCH3 is 1. The number of rotatable bonds is 6. The number of esters is 1. The minimum Gasteiger partial charge on any atom is -0.490 e. The summed E-state index contributed by atoms with van der Waals surface area (Å²) in [5.41, 5.74) is 1.89. The first kappa shape index (κ1) is 18.6. The number of hydrogen-bond acceptors (Lipinski definition) is 4. The Labute approximate surface area is 151 Å². The number of anilines is 1. The summed E-state index contributed by atoms with van der Waals surface area (Å²) in [6.07, 6.45) is 0. The first-order valence-corrected chi connectivity index (χ1v) is 7.99. The summed E-state index contributed by atoms with van der Waals surface area (Å²) >= 11 is 6.03. The first-order valence-electron chi connectivity index (χ1n) is 7.62. The highest BCUT2D eigenvalue weighted by atomic mass is 35.5. The Morgan fingerprint density at radius 3 is 2.72 bits per heavy atom. The van der Waals surface area contributed by atoms with Crippen LogP contribution in [0.3, 0.4) is 0 Å². The third-order valence-corrected chi connectivity index (χ3v) is 3.59. The van der Waals surface area contributed by atoms with Gasteiger partial charge < -0.3 is 20.1 Å². The number of aryl methyl sites for hydroxylation is 1. The van der Waals surface area contributed by atoms with Crippen molar-refractivity contribution in [1.82, 2.24) is 5.32 Å². The zero-order chi connectivity index (χ0) is 18.2. The van der Waals surface area contributed by atoms with E-state index in [4.69, 9.17) is 16.3 Å². The molecule has 0 aliphatic rings. The van der Waals surface area contributed by atoms with Crippen LogP contribution in [0, 0.1) is 6.92 Å². The fraction of sp³-hybridized carbons (Fsp3) is 0.222. The van der Waals surface area contributed by atoms with Crippen LogP contribution >= 0.6 is 11.6 Å². The lowest BCUT2D eigenvalue weighted by atomic mass is 10.2. The van der Waals surface area contributed by atoms with Crippen LogP contribution in [0.2, 0.25) is 5.02 Å². The maximum absolute atomic E-state index is 11.9. The third-order valence-electron chi connectivity index (χ3n) is 3.27. The highest BCUT2D eigenvalue weighted by molar-refractivity contribution is 6.32. The summed E-state index contributed by atoms with van der Waals surface area (Å²) < 4.78 is 10.2. The monoisotopic (exact) mass is 362 g/mol. The number of benzene rings is 2. The van der Waals surface area contributed by atoms with Crippen molar-refractivity contribution in [2.75, 3.05) is 25.6 Å². The standard InChI is InChI=1S/C18H19ClN2O4/c1-12-6-7-15(19)16(10-12)25-9-8-20-18(23)21-14-5-3-4-13(11-14)17(22)24-2/h3-7,10-11H,8-9H2,1-2H3,(H2,20,21,23). The molecule has 0 unspecified atom stereocenters. The number of ether oxygens (including phenoxy) is 2. The molecule has 2 aromatic rings. The van der Waals surface area contributed by atoms with Gasteiger partial charge in [0.2, 0.25) is 0 Å². The number of urea groups is 1. The molecule has 0 bridgehead atoms. The van der Waals surface area contributed by atoms with E-state index in [2.05, 4.69) is 15.4 Å². The first-order chi connectivity index (χ1) is 12.0. The predicted molar refractivity (Wildman–Crippen MR) is 96.5 cm³/mol. The van der Waals surface area contributed by atoms with Crippen molar-refractivity contribution in [3.63, 3.8) is 0 Å². The van der Waals surface area contributed by atoms with E-state index in [0.29, 0.717) is 28.6 Å². The highest BCUT2D eigenvalue weighted by Gasteiger charge is 2.07. The van der Waals surface area contributed by atoms with E-state index in [1.165, 1.54) is 13.2 Å². The summed E-state index contributed by atoms with van der Waals surface area (Å²) in [5.74, 6) is 0.113. The number of carbonyl (C=O) groups excluding carboxylic acids is 2. The van der Waals surface area contributed by atoms with E-state index in [-0.39, 0.29) is 6.61 Å². The van der Waals surface area contributed by atoms with E-state index in [0.717, 1.165) is 5.56 Å².